The molecular weight excluding hydrogens is 467 g/mol. The number of hydrogen-bond donors (Lipinski definition) is 0. The second-order valence-corrected chi connectivity index (χ2v) is 10.2. The van der Waals surface area contributed by atoms with E-state index in [4.69, 9.17) is 16.3 Å². The van der Waals surface area contributed by atoms with Crippen LogP contribution >= 0.6 is 43.5 Å². The smallest absolute Gasteiger partial charge is 0.310 e. The number of hydrogen-bond acceptors (Lipinski definition) is 2. The largest absolute Gasteiger partial charge is 0.461 e. The lowest BCUT2D eigenvalue weighted by Gasteiger charge is -2.13. The van der Waals surface area contributed by atoms with Crippen LogP contribution in [0.25, 0.3) is 0 Å². The maximum atomic E-state index is 12.5. The molecular formula is C20H23Br2ClO2. The Morgan fingerprint density at radius 1 is 1.28 bits per heavy atom. The van der Waals surface area contributed by atoms with Crippen LogP contribution in [-0.4, -0.2) is 5.97 Å². The van der Waals surface area contributed by atoms with Gasteiger partial charge in [0.1, 0.15) is 6.61 Å². The molecule has 0 aromatic heterocycles. The normalized spacial score (nSPS) is 21.2. The first-order chi connectivity index (χ1) is 11.7. The van der Waals surface area contributed by atoms with Gasteiger partial charge in [-0.2, -0.15) is 0 Å². The second kappa shape index (κ2) is 8.41. The third-order valence-corrected chi connectivity index (χ3v) is 5.73. The highest BCUT2D eigenvalue weighted by atomic mass is 79.9. The van der Waals surface area contributed by atoms with Gasteiger partial charge in [-0.1, -0.05) is 49.7 Å². The highest BCUT2D eigenvalue weighted by Gasteiger charge is 2.61. The van der Waals surface area contributed by atoms with Crippen LogP contribution in [0.5, 0.6) is 0 Å². The molecule has 1 fully saturated rings. The Hall–Kier alpha value is -0.580. The number of allylic oxidation sites excluding steroid dienone is 2. The lowest BCUT2D eigenvalue weighted by atomic mass is 9.98. The minimum atomic E-state index is -0.125. The number of aryl methyl sites for hydroxylation is 2. The van der Waals surface area contributed by atoms with Crippen LogP contribution in [0.4, 0.5) is 0 Å². The predicted molar refractivity (Wildman–Crippen MR) is 111 cm³/mol. The molecule has 0 amide bonds. The van der Waals surface area contributed by atoms with Crippen LogP contribution in [0.15, 0.2) is 33.2 Å². The van der Waals surface area contributed by atoms with E-state index in [2.05, 4.69) is 71.7 Å². The van der Waals surface area contributed by atoms with Crippen molar-refractivity contribution in [1.29, 1.82) is 0 Å². The van der Waals surface area contributed by atoms with Gasteiger partial charge in [0.2, 0.25) is 0 Å². The Morgan fingerprint density at radius 2 is 1.88 bits per heavy atom. The number of halogens is 3. The van der Waals surface area contributed by atoms with Gasteiger partial charge >= 0.3 is 5.97 Å². The zero-order valence-corrected chi connectivity index (χ0v) is 18.8. The fourth-order valence-electron chi connectivity index (χ4n) is 3.42. The molecule has 1 aliphatic carbocycles. The minimum Gasteiger partial charge on any atom is -0.461 e. The molecule has 0 N–H and O–H groups in total. The van der Waals surface area contributed by atoms with E-state index >= 15 is 0 Å². The van der Waals surface area contributed by atoms with Crippen molar-refractivity contribution in [3.63, 3.8) is 0 Å². The zero-order chi connectivity index (χ0) is 18.8. The molecule has 2 rings (SSSR count). The van der Waals surface area contributed by atoms with Gasteiger partial charge in [-0.3, -0.25) is 4.79 Å². The van der Waals surface area contributed by atoms with Crippen LogP contribution in [0, 0.1) is 31.1 Å². The summed E-state index contributed by atoms with van der Waals surface area (Å²) in [5.41, 5.74) is 6.04. The third kappa shape index (κ3) is 4.99. The van der Waals surface area contributed by atoms with Gasteiger partial charge in [0, 0.05) is 5.54 Å². The maximum absolute atomic E-state index is 12.5. The van der Waals surface area contributed by atoms with E-state index in [1.807, 2.05) is 12.2 Å². The highest BCUT2D eigenvalue weighted by Crippen LogP contribution is 2.60. The van der Waals surface area contributed by atoms with Crippen molar-refractivity contribution in [3.05, 3.63) is 55.5 Å². The molecule has 5 heteroatoms. The molecule has 0 heterocycles. The van der Waals surface area contributed by atoms with Gasteiger partial charge in [0.25, 0.3) is 0 Å². The molecule has 0 saturated heterocycles. The fraction of sp³-hybridized carbons (Fsp3) is 0.450. The van der Waals surface area contributed by atoms with Crippen LogP contribution in [0.3, 0.4) is 0 Å². The lowest BCUT2D eigenvalue weighted by Crippen LogP contribution is -2.12. The molecule has 0 radical (unpaired) electrons. The van der Waals surface area contributed by atoms with Crippen LogP contribution in [-0.2, 0) is 22.6 Å². The van der Waals surface area contributed by atoms with Gasteiger partial charge in [0.15, 0.2) is 0 Å². The monoisotopic (exact) mass is 488 g/mol. The van der Waals surface area contributed by atoms with Crippen LogP contribution < -0.4 is 0 Å². The number of ether oxygens (including phenoxy) is 1. The Bertz CT molecular complexity index is 695. The van der Waals surface area contributed by atoms with Crippen molar-refractivity contribution in [2.75, 3.05) is 0 Å². The van der Waals surface area contributed by atoms with Crippen molar-refractivity contribution in [3.8, 4) is 0 Å². The quantitative estimate of drug-likeness (QED) is 0.423. The summed E-state index contributed by atoms with van der Waals surface area (Å²) >= 11 is 12.4. The molecule has 0 aliphatic heterocycles. The summed E-state index contributed by atoms with van der Waals surface area (Å²) in [6.45, 7) is 8.62. The van der Waals surface area contributed by atoms with E-state index in [1.165, 1.54) is 11.1 Å². The lowest BCUT2D eigenvalue weighted by molar-refractivity contribution is -0.147. The molecule has 25 heavy (non-hydrogen) atoms. The second-order valence-electron chi connectivity index (χ2n) is 7.16. The van der Waals surface area contributed by atoms with Gasteiger partial charge in [0.05, 0.1) is 9.31 Å². The van der Waals surface area contributed by atoms with Crippen LogP contribution in [0.1, 0.15) is 36.1 Å². The molecule has 1 aromatic rings. The Balaban J connectivity index is 2.04. The van der Waals surface area contributed by atoms with Gasteiger partial charge < -0.3 is 4.74 Å². The molecule has 0 bridgehead atoms. The van der Waals surface area contributed by atoms with E-state index in [-0.39, 0.29) is 23.2 Å². The van der Waals surface area contributed by atoms with E-state index in [0.717, 1.165) is 26.5 Å². The Morgan fingerprint density at radius 3 is 2.40 bits per heavy atom. The number of rotatable bonds is 6. The first-order valence-electron chi connectivity index (χ1n) is 8.22. The minimum absolute atomic E-state index is 0.0638. The molecule has 2 nitrogen and oxygen atoms in total. The number of carbonyl (C=O) groups is 1. The van der Waals surface area contributed by atoms with Gasteiger partial charge in [-0.15, -0.1) is 0 Å². The van der Waals surface area contributed by atoms with Crippen molar-refractivity contribution in [1.82, 2.24) is 0 Å². The summed E-state index contributed by atoms with van der Waals surface area (Å²) in [5.74, 6) is -0.0209. The number of benzene rings is 1. The summed E-state index contributed by atoms with van der Waals surface area (Å²) < 4.78 is 6.52. The maximum Gasteiger partial charge on any atom is 0.310 e. The summed E-state index contributed by atoms with van der Waals surface area (Å²) in [6.07, 6.45) is 4.75. The van der Waals surface area contributed by atoms with Crippen molar-refractivity contribution in [2.45, 2.75) is 40.7 Å². The molecule has 2 atom stereocenters. The Labute approximate surface area is 171 Å². The molecule has 0 unspecified atom stereocenters. The van der Waals surface area contributed by atoms with Crippen molar-refractivity contribution < 1.29 is 9.53 Å². The summed E-state index contributed by atoms with van der Waals surface area (Å²) in [7, 11) is 0. The molecule has 0 spiro atoms. The predicted octanol–water partition coefficient (Wildman–Crippen LogP) is 6.55. The first-order valence-corrected chi connectivity index (χ1v) is 10.2. The third-order valence-electron chi connectivity index (χ3n) is 5.03. The van der Waals surface area contributed by atoms with E-state index in [9.17, 15) is 4.79 Å². The highest BCUT2D eigenvalue weighted by molar-refractivity contribution is 9.28. The molecule has 1 saturated carbocycles. The zero-order valence-electron chi connectivity index (χ0n) is 14.9. The molecule has 1 aromatic carbocycles. The summed E-state index contributed by atoms with van der Waals surface area (Å²) in [5, 5.41) is 0. The van der Waals surface area contributed by atoms with Gasteiger partial charge in [-0.25, -0.2) is 0 Å². The first kappa shape index (κ1) is 20.7. The number of esters is 1. The van der Waals surface area contributed by atoms with Crippen LogP contribution in [0.2, 0.25) is 0 Å². The average Bonchev–Trinajstić information content (AvgIpc) is 3.03. The Kier molecular flexibility index (Phi) is 6.97. The topological polar surface area (TPSA) is 26.3 Å². The molecule has 136 valence electrons. The van der Waals surface area contributed by atoms with Crippen molar-refractivity contribution in [2.24, 2.45) is 17.3 Å². The van der Waals surface area contributed by atoms with E-state index in [0.29, 0.717) is 6.61 Å². The SMILES string of the molecule is Cc1cc(C/C=C\Cl)cc(C)c1COC(=O)[C@@H]1[C@H](C=C(Br)Br)C1(C)C. The average molecular weight is 491 g/mol. The van der Waals surface area contributed by atoms with E-state index in [1.54, 1.807) is 0 Å². The number of carbonyl (C=O) groups excluding carboxylic acids is 1. The van der Waals surface area contributed by atoms with Gasteiger partial charge in [-0.05, 0) is 85.7 Å². The summed E-state index contributed by atoms with van der Waals surface area (Å²) in [4.78, 5) is 12.5. The van der Waals surface area contributed by atoms with E-state index < -0.39 is 0 Å². The fourth-order valence-corrected chi connectivity index (χ4v) is 4.08. The standard InChI is InChI=1S/C20H23Br2ClO2/c1-12-8-14(6-5-7-23)9-13(2)15(12)11-25-19(24)18-16(10-17(21)22)20(18,3)4/h5,7-10,16,18H,6,11H2,1-4H3/b7-5-/t16-,18-/m0/s1. The molecule has 1 aliphatic rings. The summed E-state index contributed by atoms with van der Waals surface area (Å²) in [6, 6.07) is 4.25. The van der Waals surface area contributed by atoms with Crippen molar-refractivity contribution >= 4 is 49.4 Å².